The van der Waals surface area contributed by atoms with Gasteiger partial charge in [0.1, 0.15) is 6.54 Å². The lowest BCUT2D eigenvalue weighted by Crippen LogP contribution is -2.35. The number of hydrogen-bond donors (Lipinski definition) is 2. The summed E-state index contributed by atoms with van der Waals surface area (Å²) in [5.74, 6) is 0.212. The van der Waals surface area contributed by atoms with Crippen molar-refractivity contribution >= 4 is 35.4 Å². The second kappa shape index (κ2) is 7.69. The molecule has 2 aromatic heterocycles. The molecular formula is C19H19N5O2S2. The molecule has 9 heteroatoms. The Bertz CT molecular complexity index is 1050. The monoisotopic (exact) mass is 413 g/mol. The van der Waals surface area contributed by atoms with E-state index in [0.29, 0.717) is 22.7 Å². The maximum absolute atomic E-state index is 13.1. The Balaban J connectivity index is 1.53. The highest BCUT2D eigenvalue weighted by atomic mass is 32.1. The molecule has 1 saturated carbocycles. The summed E-state index contributed by atoms with van der Waals surface area (Å²) in [5, 5.41) is 9.04. The average Bonchev–Trinajstić information content (AvgIpc) is 3.26. The zero-order valence-corrected chi connectivity index (χ0v) is 16.6. The van der Waals surface area contributed by atoms with Crippen molar-refractivity contribution in [2.24, 2.45) is 5.73 Å². The molecule has 1 fully saturated rings. The Labute approximate surface area is 170 Å². The van der Waals surface area contributed by atoms with Crippen LogP contribution in [0.3, 0.4) is 0 Å². The fourth-order valence-electron chi connectivity index (χ4n) is 3.06. The first-order chi connectivity index (χ1) is 13.5. The summed E-state index contributed by atoms with van der Waals surface area (Å²) in [7, 11) is 0. The van der Waals surface area contributed by atoms with Crippen molar-refractivity contribution in [1.29, 1.82) is 0 Å². The molecule has 0 radical (unpaired) electrons. The van der Waals surface area contributed by atoms with E-state index in [1.165, 1.54) is 0 Å². The van der Waals surface area contributed by atoms with Crippen LogP contribution in [0.1, 0.15) is 28.8 Å². The second-order valence-corrected chi connectivity index (χ2v) is 8.06. The SMILES string of the molecule is NC(=O)c1ccc(CN(C(=O)Cn2c(-c3cccs3)n[nH]c2=S)C2CC2)cc1. The Morgan fingerprint density at radius 3 is 2.64 bits per heavy atom. The van der Waals surface area contributed by atoms with E-state index in [0.717, 1.165) is 23.3 Å². The van der Waals surface area contributed by atoms with Crippen LogP contribution in [0.25, 0.3) is 10.7 Å². The second-order valence-electron chi connectivity index (χ2n) is 6.73. The Hall–Kier alpha value is -2.78. The molecule has 1 aliphatic carbocycles. The third kappa shape index (κ3) is 3.90. The zero-order chi connectivity index (χ0) is 19.7. The number of carbonyl (C=O) groups is 2. The molecule has 0 bridgehead atoms. The van der Waals surface area contributed by atoms with Crippen molar-refractivity contribution in [3.63, 3.8) is 0 Å². The van der Waals surface area contributed by atoms with E-state index in [1.807, 2.05) is 34.5 Å². The molecule has 3 aromatic rings. The number of hydrogen-bond acceptors (Lipinski definition) is 5. The van der Waals surface area contributed by atoms with Crippen LogP contribution in [0.2, 0.25) is 0 Å². The third-order valence-corrected chi connectivity index (χ3v) is 5.87. The highest BCUT2D eigenvalue weighted by Crippen LogP contribution is 2.29. The first-order valence-electron chi connectivity index (χ1n) is 8.90. The van der Waals surface area contributed by atoms with Gasteiger partial charge in [-0.2, -0.15) is 5.10 Å². The first-order valence-corrected chi connectivity index (χ1v) is 10.2. The summed E-state index contributed by atoms with van der Waals surface area (Å²) in [6.45, 7) is 0.625. The minimum atomic E-state index is -0.461. The number of nitrogens with one attached hydrogen (secondary N) is 1. The lowest BCUT2D eigenvalue weighted by atomic mass is 10.1. The quantitative estimate of drug-likeness (QED) is 0.582. The molecule has 2 heterocycles. The molecule has 28 heavy (non-hydrogen) atoms. The number of nitrogens with zero attached hydrogens (tertiary/aromatic N) is 3. The van der Waals surface area contributed by atoms with Crippen molar-refractivity contribution in [1.82, 2.24) is 19.7 Å². The normalized spacial score (nSPS) is 13.4. The van der Waals surface area contributed by atoms with Crippen LogP contribution in [-0.4, -0.2) is 37.5 Å². The Morgan fingerprint density at radius 1 is 1.29 bits per heavy atom. The van der Waals surface area contributed by atoms with Gasteiger partial charge >= 0.3 is 0 Å². The smallest absolute Gasteiger partial charge is 0.248 e. The van der Waals surface area contributed by atoms with E-state index in [-0.39, 0.29) is 18.5 Å². The fourth-order valence-corrected chi connectivity index (χ4v) is 3.98. The van der Waals surface area contributed by atoms with Gasteiger partial charge in [-0.1, -0.05) is 18.2 Å². The highest BCUT2D eigenvalue weighted by molar-refractivity contribution is 7.71. The van der Waals surface area contributed by atoms with Gasteiger partial charge in [-0.05, 0) is 54.2 Å². The van der Waals surface area contributed by atoms with Crippen LogP contribution in [-0.2, 0) is 17.9 Å². The number of primary amides is 1. The van der Waals surface area contributed by atoms with Crippen molar-refractivity contribution in [3.05, 3.63) is 57.7 Å². The van der Waals surface area contributed by atoms with Gasteiger partial charge in [0.2, 0.25) is 11.8 Å². The van der Waals surface area contributed by atoms with E-state index < -0.39 is 5.91 Å². The topological polar surface area (TPSA) is 97.0 Å². The van der Waals surface area contributed by atoms with Crippen LogP contribution in [0, 0.1) is 4.77 Å². The standard InChI is InChI=1S/C19H19N5O2S2/c20-17(26)13-5-3-12(4-6-13)10-23(14-7-8-14)16(25)11-24-18(21-22-19(24)27)15-2-1-9-28-15/h1-6,9,14H,7-8,10-11H2,(H2,20,26)(H,22,27). The minimum absolute atomic E-state index is 0.00298. The maximum Gasteiger partial charge on any atom is 0.248 e. The van der Waals surface area contributed by atoms with E-state index in [2.05, 4.69) is 10.2 Å². The lowest BCUT2D eigenvalue weighted by molar-refractivity contribution is -0.133. The molecule has 7 nitrogen and oxygen atoms in total. The fraction of sp³-hybridized carbons (Fsp3) is 0.263. The molecular weight excluding hydrogens is 394 g/mol. The van der Waals surface area contributed by atoms with E-state index in [9.17, 15) is 9.59 Å². The van der Waals surface area contributed by atoms with Crippen LogP contribution in [0.5, 0.6) is 0 Å². The average molecular weight is 414 g/mol. The van der Waals surface area contributed by atoms with Gasteiger partial charge in [-0.15, -0.1) is 11.3 Å². The summed E-state index contributed by atoms with van der Waals surface area (Å²) >= 11 is 6.89. The predicted octanol–water partition coefficient (Wildman–Crippen LogP) is 2.96. The molecule has 0 spiro atoms. The summed E-state index contributed by atoms with van der Waals surface area (Å²) in [4.78, 5) is 27.2. The number of H-pyrrole nitrogens is 1. The molecule has 2 amide bonds. The number of aromatic amines is 1. The molecule has 0 atom stereocenters. The number of carbonyl (C=O) groups excluding carboxylic acids is 2. The molecule has 1 aromatic carbocycles. The Kier molecular flexibility index (Phi) is 5.10. The first kappa shape index (κ1) is 18.6. The van der Waals surface area contributed by atoms with Crippen LogP contribution in [0.15, 0.2) is 41.8 Å². The molecule has 0 saturated heterocycles. The zero-order valence-electron chi connectivity index (χ0n) is 15.0. The summed E-state index contributed by atoms with van der Waals surface area (Å²) < 4.78 is 2.17. The number of thiophene rings is 1. The number of benzene rings is 1. The molecule has 3 N–H and O–H groups in total. The van der Waals surface area contributed by atoms with Crippen molar-refractivity contribution < 1.29 is 9.59 Å². The number of amides is 2. The van der Waals surface area contributed by atoms with Gasteiger partial charge in [0, 0.05) is 18.2 Å². The van der Waals surface area contributed by atoms with Gasteiger partial charge in [0.15, 0.2) is 10.6 Å². The molecule has 1 aliphatic rings. The maximum atomic E-state index is 13.1. The summed E-state index contributed by atoms with van der Waals surface area (Å²) in [6, 6.07) is 11.2. The van der Waals surface area contributed by atoms with Crippen molar-refractivity contribution in [2.45, 2.75) is 32.0 Å². The highest BCUT2D eigenvalue weighted by Gasteiger charge is 2.33. The molecule has 4 rings (SSSR count). The van der Waals surface area contributed by atoms with Gasteiger partial charge in [0.05, 0.1) is 4.88 Å². The Morgan fingerprint density at radius 2 is 2.04 bits per heavy atom. The van der Waals surface area contributed by atoms with Crippen molar-refractivity contribution in [3.8, 4) is 10.7 Å². The minimum Gasteiger partial charge on any atom is -0.366 e. The van der Waals surface area contributed by atoms with Gasteiger partial charge in [-0.3, -0.25) is 19.3 Å². The molecule has 0 unspecified atom stereocenters. The van der Waals surface area contributed by atoms with Crippen LogP contribution < -0.4 is 5.73 Å². The summed E-state index contributed by atoms with van der Waals surface area (Å²) in [6.07, 6.45) is 2.00. The third-order valence-electron chi connectivity index (χ3n) is 4.69. The molecule has 144 valence electrons. The van der Waals surface area contributed by atoms with Crippen LogP contribution in [0.4, 0.5) is 0 Å². The largest absolute Gasteiger partial charge is 0.366 e. The van der Waals surface area contributed by atoms with Gasteiger partial charge in [-0.25, -0.2) is 0 Å². The number of nitrogens with two attached hydrogens (primary N) is 1. The number of rotatable bonds is 7. The van der Waals surface area contributed by atoms with Crippen LogP contribution >= 0.6 is 23.6 Å². The van der Waals surface area contributed by atoms with Gasteiger partial charge in [0.25, 0.3) is 0 Å². The van der Waals surface area contributed by atoms with E-state index >= 15 is 0 Å². The van der Waals surface area contributed by atoms with E-state index in [4.69, 9.17) is 18.0 Å². The number of aromatic nitrogens is 3. The molecule has 0 aliphatic heterocycles. The lowest BCUT2D eigenvalue weighted by Gasteiger charge is -2.23. The predicted molar refractivity (Wildman–Crippen MR) is 109 cm³/mol. The van der Waals surface area contributed by atoms with E-state index in [1.54, 1.807) is 28.0 Å². The van der Waals surface area contributed by atoms with Gasteiger partial charge < -0.3 is 10.6 Å². The summed E-state index contributed by atoms with van der Waals surface area (Å²) in [5.41, 5.74) is 6.71. The van der Waals surface area contributed by atoms with Crippen molar-refractivity contribution in [2.75, 3.05) is 0 Å².